The first kappa shape index (κ1) is 33.8. The van der Waals surface area contributed by atoms with Crippen LogP contribution in [0.5, 0.6) is 5.75 Å². The monoisotopic (exact) mass is 767 g/mol. The van der Waals surface area contributed by atoms with Crippen LogP contribution in [0.4, 0.5) is 0 Å². The van der Waals surface area contributed by atoms with Gasteiger partial charge >= 0.3 is 0 Å². The molecule has 0 unspecified atom stereocenters. The number of benzene rings is 8. The van der Waals surface area contributed by atoms with Crippen molar-refractivity contribution in [3.8, 4) is 55.9 Å². The molecule has 0 bridgehead atoms. The highest BCUT2D eigenvalue weighted by atomic mass is 16.5. The number of aromatic nitrogens is 1. The smallest absolute Gasteiger partial charge is 0.139 e. The van der Waals surface area contributed by atoms with Gasteiger partial charge in [-0.05, 0) is 104 Å². The van der Waals surface area contributed by atoms with Crippen molar-refractivity contribution in [1.29, 1.82) is 0 Å². The van der Waals surface area contributed by atoms with Gasteiger partial charge in [0.15, 0.2) is 0 Å². The van der Waals surface area contributed by atoms with Gasteiger partial charge in [-0.2, -0.15) is 0 Å². The summed E-state index contributed by atoms with van der Waals surface area (Å²) in [6, 6.07) is 65.9. The topological polar surface area (TPSA) is 14.2 Å². The molecule has 60 heavy (non-hydrogen) atoms. The van der Waals surface area contributed by atoms with Crippen LogP contribution in [0.25, 0.3) is 72.0 Å². The predicted octanol–water partition coefficient (Wildman–Crippen LogP) is 14.7. The molecule has 8 aromatic carbocycles. The van der Waals surface area contributed by atoms with Crippen LogP contribution in [0, 0.1) is 0 Å². The fourth-order valence-corrected chi connectivity index (χ4v) is 11.6. The van der Waals surface area contributed by atoms with Gasteiger partial charge in [-0.3, -0.25) is 0 Å². The average Bonchev–Trinajstić information content (AvgIpc) is 3.91. The maximum Gasteiger partial charge on any atom is 0.139 e. The van der Waals surface area contributed by atoms with E-state index >= 15 is 0 Å². The largest absolute Gasteiger partial charge is 0.456 e. The number of fused-ring (bicyclic) bond motifs is 15. The third-order valence-corrected chi connectivity index (χ3v) is 14.2. The lowest BCUT2D eigenvalue weighted by atomic mass is 9.70. The molecule has 0 saturated carbocycles. The molecule has 0 radical (unpaired) electrons. The van der Waals surface area contributed by atoms with E-state index in [4.69, 9.17) is 4.74 Å². The van der Waals surface area contributed by atoms with Gasteiger partial charge in [0.1, 0.15) is 11.5 Å². The van der Waals surface area contributed by atoms with Crippen molar-refractivity contribution in [3.63, 3.8) is 0 Å². The second-order valence-electron chi connectivity index (χ2n) is 17.4. The fourth-order valence-electron chi connectivity index (χ4n) is 11.6. The third-order valence-electron chi connectivity index (χ3n) is 14.2. The zero-order chi connectivity index (χ0) is 39.7. The maximum absolute atomic E-state index is 6.89. The highest BCUT2D eigenvalue weighted by Crippen LogP contribution is 2.64. The maximum atomic E-state index is 6.89. The summed E-state index contributed by atoms with van der Waals surface area (Å²) in [6.45, 7) is 4.72. The van der Waals surface area contributed by atoms with E-state index in [-0.39, 0.29) is 5.41 Å². The van der Waals surface area contributed by atoms with Crippen LogP contribution >= 0.6 is 0 Å². The summed E-state index contributed by atoms with van der Waals surface area (Å²) in [4.78, 5) is 0. The van der Waals surface area contributed by atoms with E-state index in [1.165, 1.54) is 88.6 Å². The molecule has 2 nitrogen and oxygen atoms in total. The minimum Gasteiger partial charge on any atom is -0.456 e. The Morgan fingerprint density at radius 2 is 1.10 bits per heavy atom. The SMILES string of the molecule is CC1(C)C2=C(C=CCC2)Oc2c(-c3ccc4c(c3)c3ccc5c(c3n4-c3ccc(-c4ccccc4)cc3)C3(c4ccccc4-c4ccccc43)c3ccccc3-5)cccc21. The molecule has 0 atom stereocenters. The van der Waals surface area contributed by atoms with Crippen molar-refractivity contribution in [2.24, 2.45) is 0 Å². The molecule has 13 rings (SSSR count). The molecule has 0 fully saturated rings. The molecule has 9 aromatic rings. The Morgan fingerprint density at radius 3 is 1.82 bits per heavy atom. The number of ether oxygens (including phenoxy) is 1. The van der Waals surface area contributed by atoms with Gasteiger partial charge in [0, 0.05) is 38.6 Å². The van der Waals surface area contributed by atoms with Crippen LogP contribution in [-0.4, -0.2) is 4.57 Å². The van der Waals surface area contributed by atoms with E-state index < -0.39 is 5.41 Å². The standard InChI is InChI=1S/C58H41NO/c1-57(2)50-24-12-13-26-53(50)60-56-40(20-14-25-51(56)57)38-29-34-52-46(35-38)45-33-32-44-43-19-8-11-23-49(43)58(47-21-9-6-17-41(47)42-18-7-10-22-48(42)58)54(44)55(45)59(52)39-30-27-37(28-31-39)36-15-4-3-5-16-36/h3-11,13-23,25-35H,12,24H2,1-2H3. The molecule has 0 N–H and O–H groups in total. The number of hydrogen-bond donors (Lipinski definition) is 0. The van der Waals surface area contributed by atoms with Gasteiger partial charge in [-0.1, -0.05) is 172 Å². The van der Waals surface area contributed by atoms with Crippen molar-refractivity contribution in [2.45, 2.75) is 37.5 Å². The molecule has 4 aliphatic rings. The van der Waals surface area contributed by atoms with Crippen molar-refractivity contribution in [3.05, 3.63) is 227 Å². The van der Waals surface area contributed by atoms with Gasteiger partial charge in [-0.15, -0.1) is 0 Å². The highest BCUT2D eigenvalue weighted by molar-refractivity contribution is 6.15. The molecular weight excluding hydrogens is 727 g/mol. The second-order valence-corrected chi connectivity index (χ2v) is 17.4. The van der Waals surface area contributed by atoms with E-state index in [1.807, 2.05) is 0 Å². The summed E-state index contributed by atoms with van der Waals surface area (Å²) in [6.07, 6.45) is 6.53. The van der Waals surface area contributed by atoms with Gasteiger partial charge < -0.3 is 9.30 Å². The molecule has 2 heteroatoms. The lowest BCUT2D eigenvalue weighted by Gasteiger charge is -2.38. The van der Waals surface area contributed by atoms with Crippen molar-refractivity contribution in [2.75, 3.05) is 0 Å². The summed E-state index contributed by atoms with van der Waals surface area (Å²) in [5.41, 5.74) is 21.0. The molecular formula is C58H41NO. The quantitative estimate of drug-likeness (QED) is 0.175. The van der Waals surface area contributed by atoms with Crippen LogP contribution in [0.3, 0.4) is 0 Å². The normalized spacial score (nSPS) is 16.0. The predicted molar refractivity (Wildman–Crippen MR) is 247 cm³/mol. The molecule has 1 aromatic heterocycles. The summed E-state index contributed by atoms with van der Waals surface area (Å²) in [5.74, 6) is 1.99. The first-order chi connectivity index (χ1) is 29.5. The zero-order valence-corrected chi connectivity index (χ0v) is 33.7. The highest BCUT2D eigenvalue weighted by Gasteiger charge is 2.53. The number of rotatable bonds is 3. The van der Waals surface area contributed by atoms with E-state index in [1.54, 1.807) is 0 Å². The third kappa shape index (κ3) is 4.33. The van der Waals surface area contributed by atoms with Crippen molar-refractivity contribution < 1.29 is 4.74 Å². The number of allylic oxidation sites excluding steroid dienone is 3. The molecule has 2 heterocycles. The Bertz CT molecular complexity index is 3290. The Labute approximate surface area is 350 Å². The van der Waals surface area contributed by atoms with Crippen molar-refractivity contribution >= 4 is 21.8 Å². The zero-order valence-electron chi connectivity index (χ0n) is 33.7. The van der Waals surface area contributed by atoms with Crippen LogP contribution in [0.1, 0.15) is 54.5 Å². The Kier molecular flexibility index (Phi) is 6.86. The molecule has 1 aliphatic heterocycles. The molecule has 0 amide bonds. The molecule has 3 aliphatic carbocycles. The number of hydrogen-bond acceptors (Lipinski definition) is 1. The van der Waals surface area contributed by atoms with Gasteiger partial charge in [0.25, 0.3) is 0 Å². The summed E-state index contributed by atoms with van der Waals surface area (Å²) in [5, 5.41) is 2.48. The average molecular weight is 768 g/mol. The number of nitrogens with zero attached hydrogens (tertiary/aromatic N) is 1. The Balaban J connectivity index is 1.13. The first-order valence-corrected chi connectivity index (χ1v) is 21.3. The van der Waals surface area contributed by atoms with E-state index in [2.05, 4.69) is 206 Å². The minimum atomic E-state index is -0.492. The summed E-state index contributed by atoms with van der Waals surface area (Å²) in [7, 11) is 0. The second kappa shape index (κ2) is 12.2. The van der Waals surface area contributed by atoms with Crippen molar-refractivity contribution in [1.82, 2.24) is 4.57 Å². The van der Waals surface area contributed by atoms with Crippen LogP contribution in [0.15, 0.2) is 199 Å². The minimum absolute atomic E-state index is 0.118. The van der Waals surface area contributed by atoms with Crippen LogP contribution in [-0.2, 0) is 10.8 Å². The van der Waals surface area contributed by atoms with E-state index in [0.717, 1.165) is 41.2 Å². The number of para-hydroxylation sites is 1. The van der Waals surface area contributed by atoms with Gasteiger partial charge in [0.05, 0.1) is 16.4 Å². The molecule has 0 saturated heterocycles. The van der Waals surface area contributed by atoms with Crippen LogP contribution < -0.4 is 4.74 Å². The van der Waals surface area contributed by atoms with E-state index in [9.17, 15) is 0 Å². The Morgan fingerprint density at radius 1 is 0.500 bits per heavy atom. The summed E-state index contributed by atoms with van der Waals surface area (Å²) >= 11 is 0. The molecule has 284 valence electrons. The fraction of sp³-hybridized carbons (Fsp3) is 0.103. The van der Waals surface area contributed by atoms with E-state index in [0.29, 0.717) is 0 Å². The summed E-state index contributed by atoms with van der Waals surface area (Å²) < 4.78 is 9.45. The lowest BCUT2D eigenvalue weighted by molar-refractivity contribution is 0.373. The first-order valence-electron chi connectivity index (χ1n) is 21.3. The Hall–Kier alpha value is -7.16. The lowest BCUT2D eigenvalue weighted by Crippen LogP contribution is -2.29. The molecule has 1 spiro atoms. The van der Waals surface area contributed by atoms with Crippen LogP contribution in [0.2, 0.25) is 0 Å². The van der Waals surface area contributed by atoms with Gasteiger partial charge in [0.2, 0.25) is 0 Å². The van der Waals surface area contributed by atoms with Gasteiger partial charge in [-0.25, -0.2) is 0 Å².